The number of nitrogens with one attached hydrogen (secondary N) is 3. The molecule has 0 heterocycles. The van der Waals surface area contributed by atoms with E-state index in [0.717, 1.165) is 22.0 Å². The number of hydrogen-bond donors (Lipinski definition) is 3. The van der Waals surface area contributed by atoms with Gasteiger partial charge in [0.05, 0.1) is 6.54 Å². The van der Waals surface area contributed by atoms with E-state index in [4.69, 9.17) is 11.6 Å². The second kappa shape index (κ2) is 9.36. The quantitative estimate of drug-likeness (QED) is 0.697. The van der Waals surface area contributed by atoms with Crippen molar-refractivity contribution in [3.63, 3.8) is 0 Å². The van der Waals surface area contributed by atoms with E-state index in [-0.39, 0.29) is 17.9 Å². The summed E-state index contributed by atoms with van der Waals surface area (Å²) in [5, 5.41) is 6.32. The van der Waals surface area contributed by atoms with Gasteiger partial charge in [0.25, 0.3) is 5.91 Å². The zero-order valence-electron chi connectivity index (χ0n) is 15.3. The molecule has 0 aliphatic heterocycles. The van der Waals surface area contributed by atoms with Crippen LogP contribution in [-0.2, 0) is 9.59 Å². The number of amides is 2. The van der Waals surface area contributed by atoms with Crippen LogP contribution in [0.15, 0.2) is 48.5 Å². The number of anilines is 2. The molecular weight excluding hydrogens is 350 g/mol. The molecule has 2 aromatic rings. The number of likely N-dealkylation sites (N-methyl/N-ethyl adjacent to an activating group) is 1. The van der Waals surface area contributed by atoms with Crippen molar-refractivity contribution < 1.29 is 14.5 Å². The topological polar surface area (TPSA) is 62.6 Å². The van der Waals surface area contributed by atoms with Gasteiger partial charge in [0.15, 0.2) is 6.54 Å². The lowest BCUT2D eigenvalue weighted by Gasteiger charge is -2.25. The average Bonchev–Trinajstić information content (AvgIpc) is 2.61. The predicted octanol–water partition coefficient (Wildman–Crippen LogP) is 2.90. The first-order chi connectivity index (χ1) is 12.4. The second-order valence-electron chi connectivity index (χ2n) is 6.24. The van der Waals surface area contributed by atoms with Gasteiger partial charge in [0.2, 0.25) is 5.91 Å². The van der Waals surface area contributed by atoms with Gasteiger partial charge in [-0.25, -0.2) is 0 Å². The maximum atomic E-state index is 12.4. The molecule has 0 spiro atoms. The number of quaternary nitrogens is 1. The maximum absolute atomic E-state index is 12.4. The van der Waals surface area contributed by atoms with E-state index < -0.39 is 0 Å². The van der Waals surface area contributed by atoms with E-state index in [1.165, 1.54) is 6.92 Å². The standard InChI is InChI=1S/C20H24ClN3O2/c1-4-24(14(2)18-7-5-6-8-19(18)21)13-20(26)23-17-11-9-16(10-12-17)22-15(3)25/h5-12,14H,4,13H2,1-3H3,(H,22,25)(H,23,26)/p+1/t14-/m1/s1. The van der Waals surface area contributed by atoms with Gasteiger partial charge in [-0.2, -0.15) is 0 Å². The SMILES string of the molecule is CC[NH+](CC(=O)Nc1ccc(NC(C)=O)cc1)[C@H](C)c1ccccc1Cl. The van der Waals surface area contributed by atoms with Crippen LogP contribution in [0.1, 0.15) is 32.4 Å². The summed E-state index contributed by atoms with van der Waals surface area (Å²) in [7, 11) is 0. The Morgan fingerprint density at radius 1 is 1.04 bits per heavy atom. The molecule has 0 aliphatic rings. The summed E-state index contributed by atoms with van der Waals surface area (Å²) in [5.41, 5.74) is 2.44. The minimum atomic E-state index is -0.127. The zero-order chi connectivity index (χ0) is 19.1. The monoisotopic (exact) mass is 374 g/mol. The molecule has 0 saturated heterocycles. The lowest BCUT2D eigenvalue weighted by atomic mass is 10.1. The third-order valence-corrected chi connectivity index (χ3v) is 4.66. The fraction of sp³-hybridized carbons (Fsp3) is 0.300. The van der Waals surface area contributed by atoms with Crippen LogP contribution in [0.5, 0.6) is 0 Å². The summed E-state index contributed by atoms with van der Waals surface area (Å²) in [4.78, 5) is 24.6. The molecular formula is C20H25ClN3O2+. The Hall–Kier alpha value is -2.37. The molecule has 5 nitrogen and oxygen atoms in total. The highest BCUT2D eigenvalue weighted by Gasteiger charge is 2.22. The van der Waals surface area contributed by atoms with E-state index in [1.54, 1.807) is 24.3 Å². The lowest BCUT2D eigenvalue weighted by molar-refractivity contribution is -0.920. The van der Waals surface area contributed by atoms with Crippen LogP contribution in [0, 0.1) is 0 Å². The van der Waals surface area contributed by atoms with Gasteiger partial charge in [-0.1, -0.05) is 29.8 Å². The van der Waals surface area contributed by atoms with Crippen LogP contribution in [0.3, 0.4) is 0 Å². The van der Waals surface area contributed by atoms with Crippen LogP contribution < -0.4 is 15.5 Å². The highest BCUT2D eigenvalue weighted by molar-refractivity contribution is 6.31. The van der Waals surface area contributed by atoms with Crippen molar-refractivity contribution in [1.82, 2.24) is 0 Å². The third-order valence-electron chi connectivity index (χ3n) is 4.31. The lowest BCUT2D eigenvalue weighted by Crippen LogP contribution is -3.12. The first kappa shape index (κ1) is 19.9. The summed E-state index contributed by atoms with van der Waals surface area (Å²) in [6.45, 7) is 6.74. The minimum Gasteiger partial charge on any atom is -0.326 e. The third kappa shape index (κ3) is 5.58. The van der Waals surface area contributed by atoms with E-state index in [2.05, 4.69) is 24.5 Å². The number of carbonyl (C=O) groups is 2. The van der Waals surface area contributed by atoms with E-state index >= 15 is 0 Å². The van der Waals surface area contributed by atoms with Gasteiger partial charge >= 0.3 is 0 Å². The Bertz CT molecular complexity index is 762. The number of benzene rings is 2. The Kier molecular flexibility index (Phi) is 7.18. The summed E-state index contributed by atoms with van der Waals surface area (Å²) in [6, 6.07) is 14.9. The molecule has 1 unspecified atom stereocenters. The van der Waals surface area contributed by atoms with Gasteiger partial charge in [0, 0.05) is 28.9 Å². The second-order valence-corrected chi connectivity index (χ2v) is 6.65. The summed E-state index contributed by atoms with van der Waals surface area (Å²) >= 11 is 6.29. The van der Waals surface area contributed by atoms with E-state index in [1.807, 2.05) is 24.3 Å². The first-order valence-electron chi connectivity index (χ1n) is 8.67. The van der Waals surface area contributed by atoms with Crippen molar-refractivity contribution in [2.75, 3.05) is 23.7 Å². The molecule has 2 rings (SSSR count). The number of hydrogen-bond acceptors (Lipinski definition) is 2. The molecule has 2 aromatic carbocycles. The number of carbonyl (C=O) groups excluding carboxylic acids is 2. The molecule has 3 N–H and O–H groups in total. The van der Waals surface area contributed by atoms with Crippen LogP contribution in [-0.4, -0.2) is 24.9 Å². The van der Waals surface area contributed by atoms with Gasteiger partial charge < -0.3 is 15.5 Å². The van der Waals surface area contributed by atoms with Gasteiger partial charge in [0.1, 0.15) is 6.04 Å². The van der Waals surface area contributed by atoms with Crippen LogP contribution in [0.25, 0.3) is 0 Å². The molecule has 0 aliphatic carbocycles. The Morgan fingerprint density at radius 3 is 2.15 bits per heavy atom. The average molecular weight is 375 g/mol. The zero-order valence-corrected chi connectivity index (χ0v) is 16.1. The molecule has 6 heteroatoms. The largest absolute Gasteiger partial charge is 0.326 e. The maximum Gasteiger partial charge on any atom is 0.279 e. The molecule has 2 atom stereocenters. The molecule has 0 bridgehead atoms. The summed E-state index contributed by atoms with van der Waals surface area (Å²) < 4.78 is 0. The van der Waals surface area contributed by atoms with Crippen molar-refractivity contribution in [3.8, 4) is 0 Å². The van der Waals surface area contributed by atoms with Gasteiger partial charge in [-0.3, -0.25) is 9.59 Å². The minimum absolute atomic E-state index is 0.0620. The fourth-order valence-corrected chi connectivity index (χ4v) is 3.18. The molecule has 138 valence electrons. The highest BCUT2D eigenvalue weighted by atomic mass is 35.5. The Morgan fingerprint density at radius 2 is 1.62 bits per heavy atom. The fourth-order valence-electron chi connectivity index (χ4n) is 2.88. The summed E-state index contributed by atoms with van der Waals surface area (Å²) in [5.74, 6) is -0.189. The van der Waals surface area contributed by atoms with E-state index in [9.17, 15) is 9.59 Å². The number of halogens is 1. The smallest absolute Gasteiger partial charge is 0.279 e. The van der Waals surface area contributed by atoms with Crippen molar-refractivity contribution >= 4 is 34.8 Å². The van der Waals surface area contributed by atoms with Gasteiger partial charge in [-0.05, 0) is 44.2 Å². The predicted molar refractivity (Wildman–Crippen MR) is 106 cm³/mol. The number of rotatable bonds is 7. The summed E-state index contributed by atoms with van der Waals surface area (Å²) in [6.07, 6.45) is 0. The van der Waals surface area contributed by atoms with E-state index in [0.29, 0.717) is 17.9 Å². The van der Waals surface area contributed by atoms with Crippen LogP contribution >= 0.6 is 11.6 Å². The first-order valence-corrected chi connectivity index (χ1v) is 9.05. The molecule has 0 saturated carbocycles. The van der Waals surface area contributed by atoms with Crippen molar-refractivity contribution in [2.45, 2.75) is 26.8 Å². The van der Waals surface area contributed by atoms with Crippen molar-refractivity contribution in [3.05, 3.63) is 59.1 Å². The molecule has 0 radical (unpaired) electrons. The Balaban J connectivity index is 1.98. The molecule has 26 heavy (non-hydrogen) atoms. The normalized spacial score (nSPS) is 12.9. The van der Waals surface area contributed by atoms with Gasteiger partial charge in [-0.15, -0.1) is 0 Å². The Labute approximate surface area is 159 Å². The van der Waals surface area contributed by atoms with Crippen LogP contribution in [0.4, 0.5) is 11.4 Å². The molecule has 2 amide bonds. The van der Waals surface area contributed by atoms with Crippen molar-refractivity contribution in [2.24, 2.45) is 0 Å². The molecule has 0 aromatic heterocycles. The molecule has 0 fully saturated rings. The van der Waals surface area contributed by atoms with Crippen LogP contribution in [0.2, 0.25) is 5.02 Å². The highest BCUT2D eigenvalue weighted by Crippen LogP contribution is 2.20. The van der Waals surface area contributed by atoms with Crippen molar-refractivity contribution in [1.29, 1.82) is 0 Å².